The number of nitrogens with one attached hydrogen (secondary N) is 1. The van der Waals surface area contributed by atoms with Crippen molar-refractivity contribution in [2.45, 2.75) is 43.9 Å². The van der Waals surface area contributed by atoms with Crippen molar-refractivity contribution in [2.75, 3.05) is 45.9 Å². The standard InChI is InChI=1S/C22H33N3O5S/c1-2-30-22(27)19-6-8-20(9-7-19)31(28,29)25-15-10-18(11-16-25)21(26)23-12-17-24-13-4-3-5-14-24/h6-9,18H,2-5,10-17H2,1H3,(H,23,26). The molecule has 9 heteroatoms. The zero-order valence-corrected chi connectivity index (χ0v) is 19.0. The number of sulfonamides is 1. The van der Waals surface area contributed by atoms with Crippen LogP contribution >= 0.6 is 0 Å². The average Bonchev–Trinajstić information content (AvgIpc) is 2.80. The van der Waals surface area contributed by atoms with E-state index >= 15 is 0 Å². The number of carbonyl (C=O) groups is 2. The largest absolute Gasteiger partial charge is 0.462 e. The fourth-order valence-corrected chi connectivity index (χ4v) is 5.62. The molecule has 0 unspecified atom stereocenters. The summed E-state index contributed by atoms with van der Waals surface area (Å²) >= 11 is 0. The molecule has 0 saturated carbocycles. The van der Waals surface area contributed by atoms with Gasteiger partial charge in [-0.25, -0.2) is 13.2 Å². The Bertz CT molecular complexity index is 842. The Morgan fingerprint density at radius 3 is 2.29 bits per heavy atom. The lowest BCUT2D eigenvalue weighted by Gasteiger charge is -2.31. The van der Waals surface area contributed by atoms with Crippen molar-refractivity contribution in [3.63, 3.8) is 0 Å². The molecule has 2 aliphatic heterocycles. The summed E-state index contributed by atoms with van der Waals surface area (Å²) < 4.78 is 32.2. The van der Waals surface area contributed by atoms with Crippen molar-refractivity contribution in [3.8, 4) is 0 Å². The van der Waals surface area contributed by atoms with Crippen LogP contribution in [0.25, 0.3) is 0 Å². The first-order valence-corrected chi connectivity index (χ1v) is 12.6. The molecule has 0 aromatic heterocycles. The number of likely N-dealkylation sites (tertiary alicyclic amines) is 1. The fourth-order valence-electron chi connectivity index (χ4n) is 4.15. The summed E-state index contributed by atoms with van der Waals surface area (Å²) in [5.41, 5.74) is 0.320. The van der Waals surface area contributed by atoms with Crippen LogP contribution in [-0.4, -0.2) is 75.4 Å². The first kappa shape index (κ1) is 23.7. The lowest BCUT2D eigenvalue weighted by molar-refractivity contribution is -0.126. The van der Waals surface area contributed by atoms with Crippen molar-refractivity contribution in [1.82, 2.24) is 14.5 Å². The molecule has 172 valence electrons. The van der Waals surface area contributed by atoms with Crippen molar-refractivity contribution in [3.05, 3.63) is 29.8 Å². The number of esters is 1. The Balaban J connectivity index is 1.47. The van der Waals surface area contributed by atoms with Gasteiger partial charge >= 0.3 is 5.97 Å². The van der Waals surface area contributed by atoms with Crippen molar-refractivity contribution < 1.29 is 22.7 Å². The maximum Gasteiger partial charge on any atom is 0.338 e. The van der Waals surface area contributed by atoms with E-state index in [4.69, 9.17) is 4.74 Å². The van der Waals surface area contributed by atoms with Crippen LogP contribution in [-0.2, 0) is 19.6 Å². The number of nitrogens with zero attached hydrogens (tertiary/aromatic N) is 2. The Morgan fingerprint density at radius 1 is 1.03 bits per heavy atom. The highest BCUT2D eigenvalue weighted by atomic mass is 32.2. The van der Waals surface area contributed by atoms with E-state index in [9.17, 15) is 18.0 Å². The highest BCUT2D eigenvalue weighted by Crippen LogP contribution is 2.24. The number of hydrogen-bond acceptors (Lipinski definition) is 6. The van der Waals surface area contributed by atoms with Gasteiger partial charge in [-0.3, -0.25) is 4.79 Å². The maximum absolute atomic E-state index is 12.9. The highest BCUT2D eigenvalue weighted by Gasteiger charge is 2.32. The molecule has 0 atom stereocenters. The molecule has 3 rings (SSSR count). The fraction of sp³-hybridized carbons (Fsp3) is 0.636. The summed E-state index contributed by atoms with van der Waals surface area (Å²) in [5.74, 6) is -0.606. The molecule has 1 N–H and O–H groups in total. The van der Waals surface area contributed by atoms with Crippen LogP contribution in [0.3, 0.4) is 0 Å². The van der Waals surface area contributed by atoms with E-state index in [1.165, 1.54) is 47.8 Å². The number of rotatable bonds is 8. The minimum absolute atomic E-state index is 0.0212. The van der Waals surface area contributed by atoms with Crippen molar-refractivity contribution in [1.29, 1.82) is 0 Å². The van der Waals surface area contributed by atoms with Crippen LogP contribution < -0.4 is 5.32 Å². The molecular formula is C22H33N3O5S. The molecule has 1 aromatic carbocycles. The number of carbonyl (C=O) groups excluding carboxylic acids is 2. The van der Waals surface area contributed by atoms with Gasteiger partial charge in [-0.05, 0) is 70.0 Å². The van der Waals surface area contributed by atoms with Crippen molar-refractivity contribution in [2.24, 2.45) is 5.92 Å². The summed E-state index contributed by atoms with van der Waals surface area (Å²) in [4.78, 5) is 26.8. The van der Waals surface area contributed by atoms with Gasteiger partial charge in [0.2, 0.25) is 15.9 Å². The van der Waals surface area contributed by atoms with Gasteiger partial charge < -0.3 is 15.0 Å². The first-order valence-electron chi connectivity index (χ1n) is 11.2. The number of amides is 1. The molecule has 0 bridgehead atoms. The lowest BCUT2D eigenvalue weighted by atomic mass is 9.97. The normalized spacial score (nSPS) is 19.1. The zero-order chi connectivity index (χ0) is 22.3. The summed E-state index contributed by atoms with van der Waals surface area (Å²) in [7, 11) is -3.65. The molecule has 1 amide bonds. The third kappa shape index (κ3) is 6.27. The smallest absolute Gasteiger partial charge is 0.338 e. The molecule has 2 heterocycles. The predicted molar refractivity (Wildman–Crippen MR) is 117 cm³/mol. The summed E-state index contributed by atoms with van der Waals surface area (Å²) in [6.45, 7) is 6.33. The Labute approximate surface area is 185 Å². The van der Waals surface area contributed by atoms with E-state index in [1.807, 2.05) is 0 Å². The molecule has 0 radical (unpaired) electrons. The molecule has 2 fully saturated rings. The topological polar surface area (TPSA) is 96.0 Å². The molecule has 0 aliphatic carbocycles. The van der Waals surface area contributed by atoms with Crippen LogP contribution in [0.1, 0.15) is 49.4 Å². The minimum Gasteiger partial charge on any atom is -0.462 e. The second-order valence-electron chi connectivity index (χ2n) is 8.12. The second kappa shape index (κ2) is 11.1. The number of benzene rings is 1. The Hall–Kier alpha value is -1.97. The van der Waals surface area contributed by atoms with E-state index in [2.05, 4.69) is 10.2 Å². The van der Waals surface area contributed by atoms with E-state index in [-0.39, 0.29) is 23.3 Å². The average molecular weight is 452 g/mol. The van der Waals surface area contributed by atoms with Crippen LogP contribution in [0.5, 0.6) is 0 Å². The van der Waals surface area contributed by atoms with Gasteiger partial charge in [-0.15, -0.1) is 0 Å². The monoisotopic (exact) mass is 451 g/mol. The van der Waals surface area contributed by atoms with E-state index in [1.54, 1.807) is 6.92 Å². The first-order chi connectivity index (χ1) is 14.9. The van der Waals surface area contributed by atoms with Crippen molar-refractivity contribution >= 4 is 21.9 Å². The van der Waals surface area contributed by atoms with Gasteiger partial charge in [-0.2, -0.15) is 4.31 Å². The predicted octanol–water partition coefficient (Wildman–Crippen LogP) is 1.87. The zero-order valence-electron chi connectivity index (χ0n) is 18.2. The minimum atomic E-state index is -3.65. The van der Waals surface area contributed by atoms with E-state index in [0.717, 1.165) is 19.6 Å². The third-order valence-corrected chi connectivity index (χ3v) is 7.92. The number of hydrogen-bond donors (Lipinski definition) is 1. The summed E-state index contributed by atoms with van der Waals surface area (Å²) in [6.07, 6.45) is 4.77. The Kier molecular flexibility index (Phi) is 8.45. The molecule has 31 heavy (non-hydrogen) atoms. The summed E-state index contributed by atoms with van der Waals surface area (Å²) in [6, 6.07) is 5.79. The van der Waals surface area contributed by atoms with Crippen LogP contribution in [0.2, 0.25) is 0 Å². The molecule has 2 aliphatic rings. The summed E-state index contributed by atoms with van der Waals surface area (Å²) in [5, 5.41) is 3.02. The number of ether oxygens (including phenoxy) is 1. The van der Waals surface area contributed by atoms with Gasteiger partial charge in [0.15, 0.2) is 0 Å². The van der Waals surface area contributed by atoms with Gasteiger partial charge in [0, 0.05) is 32.1 Å². The second-order valence-corrected chi connectivity index (χ2v) is 10.1. The molecule has 8 nitrogen and oxygen atoms in total. The van der Waals surface area contributed by atoms with Gasteiger partial charge in [0.1, 0.15) is 0 Å². The van der Waals surface area contributed by atoms with Crippen LogP contribution in [0, 0.1) is 5.92 Å². The van der Waals surface area contributed by atoms with Gasteiger partial charge in [0.05, 0.1) is 17.1 Å². The van der Waals surface area contributed by atoms with Crippen LogP contribution in [0.15, 0.2) is 29.2 Å². The maximum atomic E-state index is 12.9. The lowest BCUT2D eigenvalue weighted by Crippen LogP contribution is -2.44. The van der Waals surface area contributed by atoms with E-state index < -0.39 is 16.0 Å². The molecular weight excluding hydrogens is 418 g/mol. The van der Waals surface area contributed by atoms with Gasteiger partial charge in [0.25, 0.3) is 0 Å². The quantitative estimate of drug-likeness (QED) is 0.606. The third-order valence-electron chi connectivity index (χ3n) is 6.00. The van der Waals surface area contributed by atoms with E-state index in [0.29, 0.717) is 38.0 Å². The SMILES string of the molecule is CCOC(=O)c1ccc(S(=O)(=O)N2CCC(C(=O)NCCN3CCCCC3)CC2)cc1. The molecule has 0 spiro atoms. The number of piperidine rings is 2. The van der Waals surface area contributed by atoms with Gasteiger partial charge in [-0.1, -0.05) is 6.42 Å². The Morgan fingerprint density at radius 2 is 1.68 bits per heavy atom. The molecule has 1 aromatic rings. The highest BCUT2D eigenvalue weighted by molar-refractivity contribution is 7.89. The molecule has 2 saturated heterocycles. The van der Waals surface area contributed by atoms with Crippen LogP contribution in [0.4, 0.5) is 0 Å².